The number of allylic oxidation sites excluding steroid dienone is 1. The van der Waals surface area contributed by atoms with Gasteiger partial charge in [-0.2, -0.15) is 0 Å². The maximum Gasteiger partial charge on any atom is 0.414 e. The van der Waals surface area contributed by atoms with Gasteiger partial charge < -0.3 is 29.8 Å². The molecule has 4 rings (SSSR count). The Kier molecular flexibility index (Phi) is 9.15. The lowest BCUT2D eigenvalue weighted by Crippen LogP contribution is -2.49. The number of benzene rings is 2. The SMILES string of the molecule is COC(=O)NCC1CN(c2cc(F)c(N3CCN(C(=O)C/C=C/C(=N\O)c4ccccc4)CC3)c(F)c2)C(=O)O1. The summed E-state index contributed by atoms with van der Waals surface area (Å²) in [5, 5.41) is 14.9. The quantitative estimate of drug-likeness (QED) is 0.290. The molecule has 0 bridgehead atoms. The van der Waals surface area contributed by atoms with Gasteiger partial charge in [0, 0.05) is 50.3 Å². The molecule has 2 N–H and O–H groups in total. The van der Waals surface area contributed by atoms with E-state index in [2.05, 4.69) is 15.2 Å². The molecule has 2 aliphatic rings. The van der Waals surface area contributed by atoms with Crippen molar-refractivity contribution in [3.05, 3.63) is 71.8 Å². The fourth-order valence-corrected chi connectivity index (χ4v) is 4.49. The number of piperazine rings is 1. The molecule has 11 nitrogen and oxygen atoms in total. The van der Waals surface area contributed by atoms with E-state index in [9.17, 15) is 19.6 Å². The Labute approximate surface area is 229 Å². The third kappa shape index (κ3) is 6.65. The second-order valence-electron chi connectivity index (χ2n) is 9.07. The molecule has 2 aromatic rings. The van der Waals surface area contributed by atoms with Crippen LogP contribution in [-0.2, 0) is 14.3 Å². The number of halogens is 2. The van der Waals surface area contributed by atoms with Crippen molar-refractivity contribution in [1.82, 2.24) is 10.2 Å². The third-order valence-corrected chi connectivity index (χ3v) is 6.54. The van der Waals surface area contributed by atoms with E-state index in [1.54, 1.807) is 41.3 Å². The van der Waals surface area contributed by atoms with Crippen LogP contribution < -0.4 is 15.1 Å². The van der Waals surface area contributed by atoms with E-state index in [1.165, 1.54) is 12.0 Å². The zero-order chi connectivity index (χ0) is 28.6. The predicted molar refractivity (Wildman–Crippen MR) is 142 cm³/mol. The van der Waals surface area contributed by atoms with Crippen molar-refractivity contribution >= 4 is 35.2 Å². The van der Waals surface area contributed by atoms with Gasteiger partial charge in [0.05, 0.1) is 25.9 Å². The molecule has 2 aromatic carbocycles. The Morgan fingerprint density at radius 2 is 1.82 bits per heavy atom. The van der Waals surface area contributed by atoms with Crippen LogP contribution in [0.1, 0.15) is 12.0 Å². The number of nitrogens with zero attached hydrogens (tertiary/aromatic N) is 4. The molecule has 0 spiro atoms. The predicted octanol–water partition coefficient (Wildman–Crippen LogP) is 3.12. The molecule has 2 aliphatic heterocycles. The molecule has 0 aromatic heterocycles. The van der Waals surface area contributed by atoms with E-state index in [0.29, 0.717) is 11.3 Å². The van der Waals surface area contributed by atoms with Crippen LogP contribution in [0.5, 0.6) is 0 Å². The van der Waals surface area contributed by atoms with Crippen molar-refractivity contribution in [2.24, 2.45) is 5.16 Å². The maximum atomic E-state index is 15.1. The second kappa shape index (κ2) is 12.9. The number of hydrogen-bond donors (Lipinski definition) is 2. The standard InChI is InChI=1S/C27H29F2N5O6/c1-39-26(36)30-16-20-17-34(27(37)40-20)19-14-21(28)25(22(29)15-19)33-12-10-32(11-13-33)24(35)9-5-8-23(31-38)18-6-3-2-4-7-18/h2-8,14-15,20,38H,9-13,16-17H2,1H3,(H,30,36)/b8-5+,31-23+. The Morgan fingerprint density at radius 3 is 2.45 bits per heavy atom. The molecule has 1 unspecified atom stereocenters. The van der Waals surface area contributed by atoms with Crippen molar-refractivity contribution in [2.45, 2.75) is 12.5 Å². The van der Waals surface area contributed by atoms with Crippen LogP contribution in [0.3, 0.4) is 0 Å². The molecule has 3 amide bonds. The van der Waals surface area contributed by atoms with Crippen LogP contribution in [0, 0.1) is 11.6 Å². The largest absolute Gasteiger partial charge is 0.453 e. The topological polar surface area (TPSA) is 124 Å². The highest BCUT2D eigenvalue weighted by atomic mass is 19.1. The van der Waals surface area contributed by atoms with Gasteiger partial charge in [-0.05, 0) is 6.08 Å². The number of alkyl carbamates (subject to hydrolysis) is 1. The number of cyclic esters (lactones) is 1. The molecule has 0 aliphatic carbocycles. The first-order chi connectivity index (χ1) is 19.3. The number of oxime groups is 1. The van der Waals surface area contributed by atoms with Gasteiger partial charge in [-0.1, -0.05) is 41.6 Å². The number of methoxy groups -OCH3 is 1. The summed E-state index contributed by atoms with van der Waals surface area (Å²) in [7, 11) is 1.20. The van der Waals surface area contributed by atoms with Crippen molar-refractivity contribution in [1.29, 1.82) is 0 Å². The summed E-state index contributed by atoms with van der Waals surface area (Å²) in [4.78, 5) is 40.4. The fraction of sp³-hybridized carbons (Fsp3) is 0.333. The first kappa shape index (κ1) is 28.3. The minimum atomic E-state index is -0.849. The van der Waals surface area contributed by atoms with E-state index in [0.717, 1.165) is 17.0 Å². The number of rotatable bonds is 8. The molecule has 2 fully saturated rings. The molecule has 212 valence electrons. The highest BCUT2D eigenvalue weighted by Crippen LogP contribution is 2.31. The number of ether oxygens (including phenoxy) is 2. The summed E-state index contributed by atoms with van der Waals surface area (Å²) >= 11 is 0. The number of carbonyl (C=O) groups excluding carboxylic acids is 3. The molecule has 1 atom stereocenters. The third-order valence-electron chi connectivity index (χ3n) is 6.54. The van der Waals surface area contributed by atoms with E-state index in [1.807, 2.05) is 6.07 Å². The maximum absolute atomic E-state index is 15.1. The number of carbonyl (C=O) groups is 3. The molecule has 13 heteroatoms. The molecule has 2 heterocycles. The fourth-order valence-electron chi connectivity index (χ4n) is 4.49. The number of anilines is 2. The average molecular weight is 558 g/mol. The minimum Gasteiger partial charge on any atom is -0.453 e. The van der Waals surface area contributed by atoms with E-state index in [4.69, 9.17) is 4.74 Å². The van der Waals surface area contributed by atoms with Crippen molar-refractivity contribution in [2.75, 3.05) is 56.2 Å². The lowest BCUT2D eigenvalue weighted by molar-refractivity contribution is -0.130. The Morgan fingerprint density at radius 1 is 1.15 bits per heavy atom. The van der Waals surface area contributed by atoms with E-state index in [-0.39, 0.29) is 63.0 Å². The zero-order valence-corrected chi connectivity index (χ0v) is 21.8. The van der Waals surface area contributed by atoms with Gasteiger partial charge in [0.2, 0.25) is 5.91 Å². The molecular weight excluding hydrogens is 528 g/mol. The summed E-state index contributed by atoms with van der Waals surface area (Å²) in [6, 6.07) is 11.1. The first-order valence-corrected chi connectivity index (χ1v) is 12.6. The second-order valence-corrected chi connectivity index (χ2v) is 9.07. The minimum absolute atomic E-state index is 0.00666. The van der Waals surface area contributed by atoms with Crippen LogP contribution in [0.25, 0.3) is 0 Å². The van der Waals surface area contributed by atoms with Crippen molar-refractivity contribution in [3.8, 4) is 0 Å². The van der Waals surface area contributed by atoms with Gasteiger partial charge in [-0.25, -0.2) is 18.4 Å². The van der Waals surface area contributed by atoms with Gasteiger partial charge in [0.15, 0.2) is 11.6 Å². The number of hydrogen-bond acceptors (Lipinski definition) is 8. The zero-order valence-electron chi connectivity index (χ0n) is 21.8. The number of nitrogens with one attached hydrogen (secondary N) is 1. The molecular formula is C27H29F2N5O6. The van der Waals surface area contributed by atoms with Crippen LogP contribution >= 0.6 is 0 Å². The Balaban J connectivity index is 1.32. The van der Waals surface area contributed by atoms with Gasteiger partial charge in [-0.3, -0.25) is 9.69 Å². The van der Waals surface area contributed by atoms with Crippen molar-refractivity contribution in [3.63, 3.8) is 0 Å². The lowest BCUT2D eigenvalue weighted by Gasteiger charge is -2.36. The van der Waals surface area contributed by atoms with Gasteiger partial charge in [0.25, 0.3) is 0 Å². The van der Waals surface area contributed by atoms with Gasteiger partial charge >= 0.3 is 12.2 Å². The molecule has 0 radical (unpaired) electrons. The van der Waals surface area contributed by atoms with Gasteiger partial charge in [-0.15, -0.1) is 0 Å². The van der Waals surface area contributed by atoms with Crippen LogP contribution in [-0.4, -0.2) is 86.4 Å². The lowest BCUT2D eigenvalue weighted by atomic mass is 10.1. The summed E-state index contributed by atoms with van der Waals surface area (Å²) in [6.07, 6.45) is 1.05. The monoisotopic (exact) mass is 557 g/mol. The Hall–Kier alpha value is -4.68. The average Bonchev–Trinajstić information content (AvgIpc) is 3.34. The highest BCUT2D eigenvalue weighted by molar-refractivity contribution is 6.08. The van der Waals surface area contributed by atoms with Crippen LogP contribution in [0.2, 0.25) is 0 Å². The highest BCUT2D eigenvalue weighted by Gasteiger charge is 2.34. The van der Waals surface area contributed by atoms with Crippen LogP contribution in [0.4, 0.5) is 29.7 Å². The first-order valence-electron chi connectivity index (χ1n) is 12.6. The number of amides is 3. The molecule has 2 saturated heterocycles. The van der Waals surface area contributed by atoms with Crippen LogP contribution in [0.15, 0.2) is 59.8 Å². The normalized spacial score (nSPS) is 17.8. The Bertz CT molecular complexity index is 1270. The summed E-state index contributed by atoms with van der Waals surface area (Å²) < 4.78 is 39.8. The van der Waals surface area contributed by atoms with Crippen molar-refractivity contribution < 1.29 is 37.8 Å². The molecule has 0 saturated carbocycles. The summed E-state index contributed by atoms with van der Waals surface area (Å²) in [6.45, 7) is 0.930. The van der Waals surface area contributed by atoms with E-state index >= 15 is 8.78 Å². The van der Waals surface area contributed by atoms with E-state index < -0.39 is 29.9 Å². The summed E-state index contributed by atoms with van der Waals surface area (Å²) in [5.74, 6) is -1.86. The molecule has 40 heavy (non-hydrogen) atoms. The summed E-state index contributed by atoms with van der Waals surface area (Å²) in [5.41, 5.74) is 0.780. The van der Waals surface area contributed by atoms with Gasteiger partial charge in [0.1, 0.15) is 17.5 Å². The smallest absolute Gasteiger partial charge is 0.414 e.